The summed E-state index contributed by atoms with van der Waals surface area (Å²) >= 11 is 0. The molecule has 1 aliphatic carbocycles. The molecule has 1 heterocycles. The van der Waals surface area contributed by atoms with Crippen molar-refractivity contribution in [2.24, 2.45) is 5.92 Å². The van der Waals surface area contributed by atoms with E-state index in [1.54, 1.807) is 11.0 Å². The molecule has 3 rings (SSSR count). The average Bonchev–Trinajstić information content (AvgIpc) is 2.93. The maximum Gasteiger partial charge on any atom is 0.231 e. The number of benzene rings is 1. The molecule has 1 aliphatic heterocycles. The molecule has 92 valence electrons. The van der Waals surface area contributed by atoms with Gasteiger partial charge in [0.25, 0.3) is 0 Å². The van der Waals surface area contributed by atoms with Crippen molar-refractivity contribution in [1.29, 1.82) is 0 Å². The molecule has 1 aromatic carbocycles. The number of amides is 1. The zero-order valence-corrected chi connectivity index (χ0v) is 10.3. The molecule has 1 aromatic rings. The van der Waals surface area contributed by atoms with E-state index in [4.69, 9.17) is 5.73 Å². The smallest absolute Gasteiger partial charge is 0.231 e. The number of rotatable bonds is 2. The van der Waals surface area contributed by atoms with Gasteiger partial charge in [-0.3, -0.25) is 4.79 Å². The minimum absolute atomic E-state index is 0. The molecule has 0 unspecified atom stereocenters. The Morgan fingerprint density at radius 1 is 1.41 bits per heavy atom. The first kappa shape index (κ1) is 12.4. The van der Waals surface area contributed by atoms with E-state index in [1.807, 2.05) is 0 Å². The van der Waals surface area contributed by atoms with Gasteiger partial charge in [0.05, 0.1) is 12.1 Å². The Morgan fingerprint density at radius 3 is 2.76 bits per heavy atom. The van der Waals surface area contributed by atoms with Crippen LogP contribution in [0.5, 0.6) is 0 Å². The summed E-state index contributed by atoms with van der Waals surface area (Å²) in [6.45, 7) is 0.659. The second-order valence-corrected chi connectivity index (χ2v) is 4.63. The molecule has 1 fully saturated rings. The number of anilines is 2. The summed E-state index contributed by atoms with van der Waals surface area (Å²) in [6, 6.07) is 2.99. The predicted octanol–water partition coefficient (Wildman–Crippen LogP) is 1.70. The second kappa shape index (κ2) is 4.31. The maximum atomic E-state index is 13.8. The molecular formula is C12H13FFeN2O. The van der Waals surface area contributed by atoms with E-state index >= 15 is 0 Å². The van der Waals surface area contributed by atoms with E-state index < -0.39 is 0 Å². The van der Waals surface area contributed by atoms with Gasteiger partial charge in [-0.25, -0.2) is 4.39 Å². The van der Waals surface area contributed by atoms with Crippen LogP contribution >= 0.6 is 0 Å². The number of nitrogens with two attached hydrogens (primary N) is 1. The number of halogens is 1. The van der Waals surface area contributed by atoms with Crippen LogP contribution in [0.4, 0.5) is 15.8 Å². The van der Waals surface area contributed by atoms with E-state index in [9.17, 15) is 9.18 Å². The average molecular weight is 276 g/mol. The maximum absolute atomic E-state index is 13.8. The normalized spacial score (nSPS) is 17.9. The first-order valence-corrected chi connectivity index (χ1v) is 5.53. The van der Waals surface area contributed by atoms with Crippen LogP contribution in [0.15, 0.2) is 12.1 Å². The molecule has 1 saturated carbocycles. The second-order valence-electron chi connectivity index (χ2n) is 4.63. The van der Waals surface area contributed by atoms with Gasteiger partial charge < -0.3 is 10.6 Å². The molecule has 17 heavy (non-hydrogen) atoms. The van der Waals surface area contributed by atoms with Crippen LogP contribution in [0, 0.1) is 11.7 Å². The summed E-state index contributed by atoms with van der Waals surface area (Å²) in [6.07, 6.45) is 2.58. The van der Waals surface area contributed by atoms with Crippen LogP contribution in [0.1, 0.15) is 18.4 Å². The largest absolute Gasteiger partial charge is 0.399 e. The van der Waals surface area contributed by atoms with Crippen molar-refractivity contribution in [3.05, 3.63) is 23.5 Å². The van der Waals surface area contributed by atoms with E-state index in [0.717, 1.165) is 18.4 Å². The third-order valence-corrected chi connectivity index (χ3v) is 3.22. The minimum atomic E-state index is -0.374. The Morgan fingerprint density at radius 2 is 2.12 bits per heavy atom. The monoisotopic (exact) mass is 276 g/mol. The van der Waals surface area contributed by atoms with Gasteiger partial charge in [-0.1, -0.05) is 0 Å². The van der Waals surface area contributed by atoms with Gasteiger partial charge in [-0.05, 0) is 36.5 Å². The molecule has 0 aromatic heterocycles. The Labute approximate surface area is 110 Å². The van der Waals surface area contributed by atoms with Gasteiger partial charge in [0.1, 0.15) is 5.82 Å². The fourth-order valence-corrected chi connectivity index (χ4v) is 2.25. The molecule has 2 N–H and O–H groups in total. The number of hydrogen-bond acceptors (Lipinski definition) is 2. The molecule has 0 saturated heterocycles. The number of carbonyl (C=O) groups excluding carboxylic acids is 1. The molecule has 0 spiro atoms. The summed E-state index contributed by atoms with van der Waals surface area (Å²) in [5, 5.41) is 0. The van der Waals surface area contributed by atoms with Crippen LogP contribution in [0.3, 0.4) is 0 Å². The van der Waals surface area contributed by atoms with Crippen LogP contribution in [-0.2, 0) is 28.3 Å². The van der Waals surface area contributed by atoms with Gasteiger partial charge in [-0.15, -0.1) is 0 Å². The van der Waals surface area contributed by atoms with Crippen molar-refractivity contribution >= 4 is 17.3 Å². The van der Waals surface area contributed by atoms with Gasteiger partial charge >= 0.3 is 0 Å². The number of carbonyl (C=O) groups is 1. The van der Waals surface area contributed by atoms with E-state index in [2.05, 4.69) is 0 Å². The third kappa shape index (κ3) is 2.17. The molecule has 1 amide bonds. The van der Waals surface area contributed by atoms with Crippen LogP contribution in [0.25, 0.3) is 0 Å². The molecule has 0 radical (unpaired) electrons. The molecule has 3 nitrogen and oxygen atoms in total. The van der Waals surface area contributed by atoms with Crippen molar-refractivity contribution in [2.45, 2.75) is 19.3 Å². The fraction of sp³-hybridized carbons (Fsp3) is 0.417. The first-order chi connectivity index (χ1) is 7.65. The Hall–Kier alpha value is -1.06. The fourth-order valence-electron chi connectivity index (χ4n) is 2.25. The van der Waals surface area contributed by atoms with Gasteiger partial charge in [0, 0.05) is 29.3 Å². The topological polar surface area (TPSA) is 46.3 Å². The summed E-state index contributed by atoms with van der Waals surface area (Å²) in [4.78, 5) is 13.4. The van der Waals surface area contributed by atoms with Crippen LogP contribution < -0.4 is 10.6 Å². The molecular weight excluding hydrogens is 263 g/mol. The van der Waals surface area contributed by atoms with Crippen LogP contribution in [0.2, 0.25) is 0 Å². The van der Waals surface area contributed by atoms with Gasteiger partial charge in [-0.2, -0.15) is 0 Å². The zero-order chi connectivity index (χ0) is 11.3. The van der Waals surface area contributed by atoms with Crippen LogP contribution in [-0.4, -0.2) is 12.5 Å². The van der Waals surface area contributed by atoms with Crippen molar-refractivity contribution < 1.29 is 26.3 Å². The molecule has 0 atom stereocenters. The summed E-state index contributed by atoms with van der Waals surface area (Å²) in [7, 11) is 0. The predicted molar refractivity (Wildman–Crippen MR) is 59.6 cm³/mol. The van der Waals surface area contributed by atoms with E-state index in [1.165, 1.54) is 6.07 Å². The number of fused-ring (bicyclic) bond motifs is 1. The SMILES string of the molecule is Nc1cc(F)c2c(c1)CC(=O)N2CC1CC1.[Fe]. The van der Waals surface area contributed by atoms with Crippen molar-refractivity contribution in [2.75, 3.05) is 17.2 Å². The number of nitrogen functional groups attached to an aromatic ring is 1. The number of hydrogen-bond donors (Lipinski definition) is 1. The van der Waals surface area contributed by atoms with Gasteiger partial charge in [0.2, 0.25) is 5.91 Å². The Bertz CT molecular complexity index is 474. The summed E-state index contributed by atoms with van der Waals surface area (Å²) < 4.78 is 13.8. The van der Waals surface area contributed by atoms with E-state index in [0.29, 0.717) is 23.8 Å². The first-order valence-electron chi connectivity index (χ1n) is 5.53. The van der Waals surface area contributed by atoms with Gasteiger partial charge in [0.15, 0.2) is 0 Å². The molecule has 0 bridgehead atoms. The molecule has 5 heteroatoms. The Kier molecular flexibility index (Phi) is 3.15. The minimum Gasteiger partial charge on any atom is -0.399 e. The molecule has 2 aliphatic rings. The Balaban J connectivity index is 0.00000108. The summed E-state index contributed by atoms with van der Waals surface area (Å²) in [5.74, 6) is 0.180. The van der Waals surface area contributed by atoms with Crippen molar-refractivity contribution in [3.63, 3.8) is 0 Å². The number of nitrogens with zero attached hydrogens (tertiary/aromatic N) is 1. The van der Waals surface area contributed by atoms with E-state index in [-0.39, 0.29) is 35.2 Å². The third-order valence-electron chi connectivity index (χ3n) is 3.22. The quantitative estimate of drug-likeness (QED) is 0.660. The van der Waals surface area contributed by atoms with Crippen molar-refractivity contribution in [3.8, 4) is 0 Å². The zero-order valence-electron chi connectivity index (χ0n) is 9.22. The van der Waals surface area contributed by atoms with Crippen molar-refractivity contribution in [1.82, 2.24) is 0 Å². The summed E-state index contributed by atoms with van der Waals surface area (Å²) in [5.41, 5.74) is 7.13. The standard InChI is InChI=1S/C12H13FN2O.Fe/c13-10-5-9(14)3-8-4-11(16)15(12(8)10)6-7-1-2-7;/h3,5,7H,1-2,4,6,14H2;.